The molecule has 0 spiro atoms. The molecule has 1 heterocycles. The van der Waals surface area contributed by atoms with Crippen molar-refractivity contribution >= 4 is 17.5 Å². The predicted octanol–water partition coefficient (Wildman–Crippen LogP) is 2.34. The van der Waals surface area contributed by atoms with Crippen LogP contribution < -0.4 is 5.32 Å². The van der Waals surface area contributed by atoms with Crippen LogP contribution in [-0.4, -0.2) is 29.8 Å². The van der Waals surface area contributed by atoms with Crippen LogP contribution >= 0.6 is 11.6 Å². The van der Waals surface area contributed by atoms with Crippen LogP contribution in [0, 0.1) is 5.92 Å². The van der Waals surface area contributed by atoms with E-state index in [1.807, 2.05) is 0 Å². The Morgan fingerprint density at radius 2 is 2.16 bits per heavy atom. The second-order valence-electron chi connectivity index (χ2n) is 5.21. The van der Waals surface area contributed by atoms with Crippen LogP contribution in [0.15, 0.2) is 18.2 Å². The minimum Gasteiger partial charge on any atom is -0.508 e. The molecule has 102 valence electrons. The van der Waals surface area contributed by atoms with Gasteiger partial charge in [-0.15, -0.1) is 0 Å². The molecule has 1 aromatic carbocycles. The van der Waals surface area contributed by atoms with Crippen molar-refractivity contribution in [2.24, 2.45) is 5.92 Å². The lowest BCUT2D eigenvalue weighted by molar-refractivity contribution is 0.0729. The number of ether oxygens (including phenoxy) is 1. The number of halogens is 1. The van der Waals surface area contributed by atoms with Crippen LogP contribution in [0.3, 0.4) is 0 Å². The number of nitrogens with one attached hydrogen (secondary N) is 1. The van der Waals surface area contributed by atoms with Gasteiger partial charge in [0.1, 0.15) is 5.75 Å². The molecule has 2 atom stereocenters. The maximum Gasteiger partial charge on any atom is 0.253 e. The monoisotopic (exact) mass is 281 g/mol. The molecule has 5 heteroatoms. The summed E-state index contributed by atoms with van der Waals surface area (Å²) in [6, 6.07) is 4.43. The molecule has 1 aliphatic carbocycles. The number of hydrogen-bond acceptors (Lipinski definition) is 3. The highest BCUT2D eigenvalue weighted by Crippen LogP contribution is 2.38. The lowest BCUT2D eigenvalue weighted by Gasteiger charge is -2.19. The summed E-state index contributed by atoms with van der Waals surface area (Å²) >= 11 is 5.98. The first-order chi connectivity index (χ1) is 9.15. The van der Waals surface area contributed by atoms with E-state index in [0.29, 0.717) is 23.1 Å². The van der Waals surface area contributed by atoms with Crippen molar-refractivity contribution in [2.45, 2.75) is 31.4 Å². The fraction of sp³-hybridized carbons (Fsp3) is 0.500. The van der Waals surface area contributed by atoms with Gasteiger partial charge in [0.25, 0.3) is 5.91 Å². The summed E-state index contributed by atoms with van der Waals surface area (Å²) < 4.78 is 5.68. The van der Waals surface area contributed by atoms with E-state index >= 15 is 0 Å². The van der Waals surface area contributed by atoms with E-state index in [2.05, 4.69) is 5.32 Å². The highest BCUT2D eigenvalue weighted by Gasteiger charge is 2.41. The lowest BCUT2D eigenvalue weighted by Crippen LogP contribution is -2.41. The number of phenolic OH excluding ortho intramolecular Hbond substituents is 1. The lowest BCUT2D eigenvalue weighted by atomic mass is 10.1. The Hall–Kier alpha value is -1.26. The Balaban J connectivity index is 1.72. The zero-order valence-electron chi connectivity index (χ0n) is 10.4. The molecule has 0 bridgehead atoms. The summed E-state index contributed by atoms with van der Waals surface area (Å²) in [6.07, 6.45) is 3.34. The van der Waals surface area contributed by atoms with E-state index in [4.69, 9.17) is 16.3 Å². The van der Waals surface area contributed by atoms with Crippen LogP contribution in [0.2, 0.25) is 5.02 Å². The van der Waals surface area contributed by atoms with Gasteiger partial charge in [0.05, 0.1) is 22.7 Å². The Bertz CT molecular complexity index is 501. The van der Waals surface area contributed by atoms with Gasteiger partial charge in [-0.3, -0.25) is 4.79 Å². The fourth-order valence-electron chi connectivity index (χ4n) is 2.59. The number of phenols is 1. The van der Waals surface area contributed by atoms with E-state index in [0.717, 1.165) is 6.42 Å². The first-order valence-electron chi connectivity index (χ1n) is 6.56. The van der Waals surface area contributed by atoms with Gasteiger partial charge in [0.15, 0.2) is 0 Å². The fourth-order valence-corrected chi connectivity index (χ4v) is 2.79. The van der Waals surface area contributed by atoms with Gasteiger partial charge >= 0.3 is 0 Å². The third-order valence-electron chi connectivity index (χ3n) is 3.73. The molecule has 0 aromatic heterocycles. The molecule has 2 fully saturated rings. The van der Waals surface area contributed by atoms with Crippen molar-refractivity contribution in [2.75, 3.05) is 6.61 Å². The number of carbonyl (C=O) groups is 1. The van der Waals surface area contributed by atoms with Gasteiger partial charge in [-0.25, -0.2) is 0 Å². The number of aromatic hydroxyl groups is 1. The molecule has 1 amide bonds. The maximum absolute atomic E-state index is 12.2. The standard InChI is InChI=1S/C14H16ClNO3/c15-11-4-3-9(17)7-10(11)14(18)16-12-5-6-19-13(12)8-1-2-8/h3-4,7-8,12-13,17H,1-2,5-6H2,(H,16,18). The average molecular weight is 282 g/mol. The Kier molecular flexibility index (Phi) is 3.37. The second kappa shape index (κ2) is 5.02. The van der Waals surface area contributed by atoms with Crippen molar-refractivity contribution in [3.05, 3.63) is 28.8 Å². The molecule has 2 N–H and O–H groups in total. The van der Waals surface area contributed by atoms with Crippen LogP contribution in [-0.2, 0) is 4.74 Å². The summed E-state index contributed by atoms with van der Waals surface area (Å²) in [5, 5.41) is 12.8. The van der Waals surface area contributed by atoms with Gasteiger partial charge in [0.2, 0.25) is 0 Å². The maximum atomic E-state index is 12.2. The van der Waals surface area contributed by atoms with E-state index in [1.165, 1.54) is 31.0 Å². The molecule has 1 aromatic rings. The Morgan fingerprint density at radius 1 is 1.37 bits per heavy atom. The van der Waals surface area contributed by atoms with Crippen molar-refractivity contribution in [3.63, 3.8) is 0 Å². The highest BCUT2D eigenvalue weighted by atomic mass is 35.5. The van der Waals surface area contributed by atoms with Gasteiger partial charge in [0, 0.05) is 6.61 Å². The number of rotatable bonds is 3. The minimum atomic E-state index is -0.248. The second-order valence-corrected chi connectivity index (χ2v) is 5.61. The predicted molar refractivity (Wildman–Crippen MR) is 71.5 cm³/mol. The van der Waals surface area contributed by atoms with E-state index in [1.54, 1.807) is 0 Å². The van der Waals surface area contributed by atoms with Crippen LogP contribution in [0.25, 0.3) is 0 Å². The summed E-state index contributed by atoms with van der Waals surface area (Å²) in [5.41, 5.74) is 0.308. The number of carbonyl (C=O) groups excluding carboxylic acids is 1. The SMILES string of the molecule is O=C(NC1CCOC1C1CC1)c1cc(O)ccc1Cl. The van der Waals surface area contributed by atoms with Crippen LogP contribution in [0.5, 0.6) is 5.75 Å². The normalized spacial score (nSPS) is 26.4. The third kappa shape index (κ3) is 2.69. The van der Waals surface area contributed by atoms with Gasteiger partial charge < -0.3 is 15.2 Å². The van der Waals surface area contributed by atoms with E-state index in [-0.39, 0.29) is 23.8 Å². The van der Waals surface area contributed by atoms with Crippen LogP contribution in [0.1, 0.15) is 29.6 Å². The smallest absolute Gasteiger partial charge is 0.253 e. The number of amides is 1. The average Bonchev–Trinajstić information content (AvgIpc) is 3.13. The summed E-state index contributed by atoms with van der Waals surface area (Å²) in [4.78, 5) is 12.2. The van der Waals surface area contributed by atoms with Gasteiger partial charge in [-0.2, -0.15) is 0 Å². The van der Waals surface area contributed by atoms with Crippen molar-refractivity contribution in [1.82, 2.24) is 5.32 Å². The summed E-state index contributed by atoms with van der Waals surface area (Å²) in [7, 11) is 0. The topological polar surface area (TPSA) is 58.6 Å². The molecule has 4 nitrogen and oxygen atoms in total. The molecule has 2 unspecified atom stereocenters. The van der Waals surface area contributed by atoms with Crippen LogP contribution in [0.4, 0.5) is 0 Å². The number of hydrogen-bond donors (Lipinski definition) is 2. The summed E-state index contributed by atoms with van der Waals surface area (Å²) in [5.74, 6) is 0.380. The molecule has 3 rings (SSSR count). The first kappa shape index (κ1) is 12.8. The number of benzene rings is 1. The highest BCUT2D eigenvalue weighted by molar-refractivity contribution is 6.33. The van der Waals surface area contributed by atoms with E-state index in [9.17, 15) is 9.90 Å². The third-order valence-corrected chi connectivity index (χ3v) is 4.06. The molecule has 19 heavy (non-hydrogen) atoms. The summed E-state index contributed by atoms with van der Waals surface area (Å²) in [6.45, 7) is 0.694. The molecular formula is C14H16ClNO3. The molecule has 2 aliphatic rings. The molecule has 1 saturated carbocycles. The van der Waals surface area contributed by atoms with Crippen molar-refractivity contribution in [1.29, 1.82) is 0 Å². The van der Waals surface area contributed by atoms with E-state index < -0.39 is 0 Å². The van der Waals surface area contributed by atoms with Gasteiger partial charge in [-0.05, 0) is 43.4 Å². The molecule has 1 saturated heterocycles. The van der Waals surface area contributed by atoms with Gasteiger partial charge in [-0.1, -0.05) is 11.6 Å². The Labute approximate surface area is 116 Å². The zero-order chi connectivity index (χ0) is 13.4. The van der Waals surface area contributed by atoms with Crippen molar-refractivity contribution in [3.8, 4) is 5.75 Å². The first-order valence-corrected chi connectivity index (χ1v) is 6.94. The quantitative estimate of drug-likeness (QED) is 0.894. The largest absolute Gasteiger partial charge is 0.508 e. The molecular weight excluding hydrogens is 266 g/mol. The van der Waals surface area contributed by atoms with Crippen molar-refractivity contribution < 1.29 is 14.6 Å². The Morgan fingerprint density at radius 3 is 2.89 bits per heavy atom. The minimum absolute atomic E-state index is 0.0379. The molecule has 1 aliphatic heterocycles. The zero-order valence-corrected chi connectivity index (χ0v) is 11.2. The molecule has 0 radical (unpaired) electrons.